The summed E-state index contributed by atoms with van der Waals surface area (Å²) in [6, 6.07) is 5.12. The summed E-state index contributed by atoms with van der Waals surface area (Å²) in [5.74, 6) is 0.720. The fraction of sp³-hybridized carbons (Fsp3) is 0.400. The van der Waals surface area contributed by atoms with Gasteiger partial charge < -0.3 is 4.74 Å². The van der Waals surface area contributed by atoms with Crippen LogP contribution in [0, 0.1) is 5.82 Å². The minimum absolute atomic E-state index is 0.248. The molecule has 0 spiro atoms. The van der Waals surface area contributed by atoms with Crippen molar-refractivity contribution in [3.05, 3.63) is 29.6 Å². The summed E-state index contributed by atoms with van der Waals surface area (Å²) >= 11 is 0. The molecule has 0 atom stereocenters. The predicted molar refractivity (Wildman–Crippen MR) is 44.9 cm³/mol. The molecule has 1 saturated carbocycles. The largest absolute Gasteiger partial charge is 0.493 e. The highest BCUT2D eigenvalue weighted by Crippen LogP contribution is 2.44. The molecule has 2 heteroatoms. The highest BCUT2D eigenvalue weighted by molar-refractivity contribution is 5.39. The summed E-state index contributed by atoms with van der Waals surface area (Å²) in [5, 5.41) is 0. The van der Waals surface area contributed by atoms with Gasteiger partial charge in [0.25, 0.3) is 0 Å². The fourth-order valence-corrected chi connectivity index (χ4v) is 1.46. The lowest BCUT2D eigenvalue weighted by molar-refractivity contribution is 0.381. The summed E-state index contributed by atoms with van der Waals surface area (Å²) < 4.78 is 18.1. The molecule has 64 valence electrons. The van der Waals surface area contributed by atoms with Crippen LogP contribution in [0.2, 0.25) is 0 Å². The van der Waals surface area contributed by atoms with Crippen molar-refractivity contribution < 1.29 is 9.13 Å². The molecule has 0 amide bonds. The van der Waals surface area contributed by atoms with Crippen LogP contribution in [0.4, 0.5) is 4.39 Å². The van der Waals surface area contributed by atoms with Crippen LogP contribution in [0.15, 0.2) is 18.2 Å². The highest BCUT2D eigenvalue weighted by Gasteiger charge is 2.27. The molecule has 1 fully saturated rings. The maximum Gasteiger partial charge on any atom is 0.165 e. The van der Waals surface area contributed by atoms with Gasteiger partial charge in [-0.25, -0.2) is 4.39 Å². The normalized spacial score (nSPS) is 16.2. The van der Waals surface area contributed by atoms with Gasteiger partial charge in [-0.2, -0.15) is 0 Å². The quantitative estimate of drug-likeness (QED) is 0.656. The number of halogens is 1. The Hall–Kier alpha value is -1.05. The number of benzene rings is 1. The number of para-hydroxylation sites is 1. The third-order valence-electron chi connectivity index (χ3n) is 2.22. The molecule has 0 heterocycles. The monoisotopic (exact) mass is 166 g/mol. The van der Waals surface area contributed by atoms with Crippen LogP contribution in [0.5, 0.6) is 5.75 Å². The van der Waals surface area contributed by atoms with Crippen molar-refractivity contribution in [1.29, 1.82) is 0 Å². The van der Waals surface area contributed by atoms with Crippen LogP contribution < -0.4 is 4.74 Å². The maximum atomic E-state index is 13.1. The van der Waals surface area contributed by atoms with Crippen molar-refractivity contribution in [1.82, 2.24) is 0 Å². The minimum atomic E-state index is -0.248. The summed E-state index contributed by atoms with van der Waals surface area (Å²) in [6.45, 7) is 0. The van der Waals surface area contributed by atoms with E-state index in [1.165, 1.54) is 26.0 Å². The van der Waals surface area contributed by atoms with Crippen molar-refractivity contribution in [3.8, 4) is 5.75 Å². The van der Waals surface area contributed by atoms with Crippen molar-refractivity contribution in [2.24, 2.45) is 0 Å². The molecule has 0 bridgehead atoms. The van der Waals surface area contributed by atoms with Crippen LogP contribution in [0.3, 0.4) is 0 Å². The number of hydrogen-bond acceptors (Lipinski definition) is 1. The average molecular weight is 166 g/mol. The van der Waals surface area contributed by atoms with Crippen LogP contribution in [0.1, 0.15) is 24.3 Å². The Bertz CT molecular complexity index is 292. The molecule has 0 aliphatic heterocycles. The van der Waals surface area contributed by atoms with Crippen LogP contribution in [-0.2, 0) is 0 Å². The smallest absolute Gasteiger partial charge is 0.165 e. The van der Waals surface area contributed by atoms with Gasteiger partial charge in [-0.3, -0.25) is 0 Å². The van der Waals surface area contributed by atoms with Gasteiger partial charge in [0.15, 0.2) is 11.6 Å². The zero-order valence-electron chi connectivity index (χ0n) is 7.01. The lowest BCUT2D eigenvalue weighted by atomic mass is 10.1. The molecule has 12 heavy (non-hydrogen) atoms. The van der Waals surface area contributed by atoms with E-state index in [4.69, 9.17) is 4.74 Å². The number of hydrogen-bond donors (Lipinski definition) is 0. The summed E-state index contributed by atoms with van der Waals surface area (Å²) in [6.07, 6.45) is 2.33. The maximum absolute atomic E-state index is 13.1. The van der Waals surface area contributed by atoms with Crippen molar-refractivity contribution in [2.75, 3.05) is 7.11 Å². The average Bonchev–Trinajstić information content (AvgIpc) is 2.86. The summed E-state index contributed by atoms with van der Waals surface area (Å²) in [5.41, 5.74) is 1.03. The molecule has 0 N–H and O–H groups in total. The molecule has 1 nitrogen and oxygen atoms in total. The van der Waals surface area contributed by atoms with Gasteiger partial charge >= 0.3 is 0 Å². The molecular weight excluding hydrogens is 155 g/mol. The first-order valence-electron chi connectivity index (χ1n) is 4.15. The molecule has 1 aliphatic carbocycles. The standard InChI is InChI=1S/C10H11FO/c1-12-10-8(7-5-6-7)3-2-4-9(10)11/h2-4,7H,5-6H2,1H3. The van der Waals surface area contributed by atoms with Crippen LogP contribution >= 0.6 is 0 Å². The Balaban J connectivity index is 2.43. The van der Waals surface area contributed by atoms with E-state index in [-0.39, 0.29) is 5.82 Å². The first kappa shape index (κ1) is 7.59. The second-order valence-corrected chi connectivity index (χ2v) is 3.14. The second kappa shape index (κ2) is 2.77. The zero-order chi connectivity index (χ0) is 8.55. The lowest BCUT2D eigenvalue weighted by Gasteiger charge is -2.07. The lowest BCUT2D eigenvalue weighted by Crippen LogP contribution is -1.93. The third-order valence-corrected chi connectivity index (χ3v) is 2.22. The van der Waals surface area contributed by atoms with E-state index < -0.39 is 0 Å². The Labute approximate surface area is 71.2 Å². The van der Waals surface area contributed by atoms with Gasteiger partial charge in [-0.05, 0) is 24.8 Å². The Kier molecular flexibility index (Phi) is 1.75. The molecule has 1 aliphatic rings. The van der Waals surface area contributed by atoms with E-state index in [2.05, 4.69) is 0 Å². The first-order valence-corrected chi connectivity index (χ1v) is 4.15. The molecule has 0 saturated heterocycles. The molecule has 1 aromatic rings. The first-order chi connectivity index (χ1) is 5.83. The number of ether oxygens (including phenoxy) is 1. The fourth-order valence-electron chi connectivity index (χ4n) is 1.46. The zero-order valence-corrected chi connectivity index (χ0v) is 7.01. The third kappa shape index (κ3) is 1.17. The van der Waals surface area contributed by atoms with E-state index in [0.717, 1.165) is 5.56 Å². The Morgan fingerprint density at radius 2 is 2.17 bits per heavy atom. The SMILES string of the molecule is COc1c(F)cccc1C1CC1. The molecular formula is C10H11FO. The van der Waals surface area contributed by atoms with Gasteiger partial charge in [0.1, 0.15) is 0 Å². The highest BCUT2D eigenvalue weighted by atomic mass is 19.1. The number of rotatable bonds is 2. The molecule has 0 aromatic heterocycles. The topological polar surface area (TPSA) is 9.23 Å². The van der Waals surface area contributed by atoms with Crippen molar-refractivity contribution >= 4 is 0 Å². The summed E-state index contributed by atoms with van der Waals surface area (Å²) in [4.78, 5) is 0. The van der Waals surface area contributed by atoms with E-state index >= 15 is 0 Å². The van der Waals surface area contributed by atoms with Crippen molar-refractivity contribution in [3.63, 3.8) is 0 Å². The van der Waals surface area contributed by atoms with Gasteiger partial charge in [0.05, 0.1) is 7.11 Å². The van der Waals surface area contributed by atoms with E-state index in [1.54, 1.807) is 6.07 Å². The van der Waals surface area contributed by atoms with E-state index in [9.17, 15) is 4.39 Å². The molecule has 2 rings (SSSR count). The molecule has 1 aromatic carbocycles. The Morgan fingerprint density at radius 1 is 1.42 bits per heavy atom. The van der Waals surface area contributed by atoms with Crippen LogP contribution in [0.25, 0.3) is 0 Å². The van der Waals surface area contributed by atoms with E-state index in [1.807, 2.05) is 6.07 Å². The van der Waals surface area contributed by atoms with Crippen molar-refractivity contribution in [2.45, 2.75) is 18.8 Å². The number of methoxy groups -OCH3 is 1. The minimum Gasteiger partial charge on any atom is -0.493 e. The Morgan fingerprint density at radius 3 is 2.75 bits per heavy atom. The van der Waals surface area contributed by atoms with E-state index in [0.29, 0.717) is 11.7 Å². The van der Waals surface area contributed by atoms with Gasteiger partial charge in [-0.1, -0.05) is 12.1 Å². The van der Waals surface area contributed by atoms with Crippen LogP contribution in [-0.4, -0.2) is 7.11 Å². The second-order valence-electron chi connectivity index (χ2n) is 3.14. The van der Waals surface area contributed by atoms with Gasteiger partial charge in [-0.15, -0.1) is 0 Å². The van der Waals surface area contributed by atoms with Gasteiger partial charge in [0.2, 0.25) is 0 Å². The summed E-state index contributed by atoms with van der Waals surface area (Å²) in [7, 11) is 1.52. The molecule has 0 unspecified atom stereocenters. The van der Waals surface area contributed by atoms with Gasteiger partial charge in [0, 0.05) is 5.56 Å². The molecule has 0 radical (unpaired) electrons. The predicted octanol–water partition coefficient (Wildman–Crippen LogP) is 2.71.